The molecule has 1 fully saturated rings. The molecule has 0 aliphatic carbocycles. The number of anilines is 1. The van der Waals surface area contributed by atoms with Crippen molar-refractivity contribution < 1.29 is 9.94 Å². The van der Waals surface area contributed by atoms with Gasteiger partial charge in [0.15, 0.2) is 5.84 Å². The van der Waals surface area contributed by atoms with Gasteiger partial charge in [-0.05, 0) is 32.9 Å². The summed E-state index contributed by atoms with van der Waals surface area (Å²) in [4.78, 5) is 2.25. The number of benzene rings is 1. The highest BCUT2D eigenvalue weighted by Crippen LogP contribution is 2.30. The van der Waals surface area contributed by atoms with Crippen molar-refractivity contribution in [1.82, 2.24) is 0 Å². The summed E-state index contributed by atoms with van der Waals surface area (Å²) in [5.41, 5.74) is 8.51. The Balaban J connectivity index is 2.49. The second kappa shape index (κ2) is 5.09. The number of hydrogen-bond donors (Lipinski definition) is 2. The third kappa shape index (κ3) is 2.66. The first-order chi connectivity index (χ1) is 8.95. The molecule has 1 aliphatic rings. The molecule has 5 nitrogen and oxygen atoms in total. The predicted octanol–water partition coefficient (Wildman–Crippen LogP) is 1.70. The van der Waals surface area contributed by atoms with E-state index in [1.165, 1.54) is 0 Å². The van der Waals surface area contributed by atoms with E-state index in [4.69, 9.17) is 15.7 Å². The fourth-order valence-electron chi connectivity index (χ4n) is 2.45. The lowest BCUT2D eigenvalue weighted by atomic mass is 9.98. The van der Waals surface area contributed by atoms with Crippen LogP contribution in [-0.4, -0.2) is 36.3 Å². The lowest BCUT2D eigenvalue weighted by molar-refractivity contribution is 0.0644. The quantitative estimate of drug-likeness (QED) is 0.369. The number of morpholine rings is 1. The summed E-state index contributed by atoms with van der Waals surface area (Å²) in [6.45, 7) is 8.39. The number of nitrogens with two attached hydrogens (primary N) is 1. The van der Waals surface area contributed by atoms with Gasteiger partial charge in [0.2, 0.25) is 0 Å². The van der Waals surface area contributed by atoms with Crippen molar-refractivity contribution in [3.8, 4) is 0 Å². The number of hydrogen-bond acceptors (Lipinski definition) is 4. The van der Waals surface area contributed by atoms with Crippen LogP contribution in [0, 0.1) is 6.92 Å². The second-order valence-electron chi connectivity index (χ2n) is 5.52. The third-order valence-corrected chi connectivity index (χ3v) is 3.47. The first kappa shape index (κ1) is 13.7. The standard InChI is InChI=1S/C14H21N3O2/c1-10-4-5-12(11(8-10)13(15)16-18)17-6-7-19-9-14(17,2)3/h4-5,8,18H,6-7,9H2,1-3H3,(H2,15,16). The minimum Gasteiger partial charge on any atom is -0.409 e. The van der Waals surface area contributed by atoms with Crippen LogP contribution in [0.5, 0.6) is 0 Å². The van der Waals surface area contributed by atoms with Gasteiger partial charge in [0, 0.05) is 17.8 Å². The summed E-state index contributed by atoms with van der Waals surface area (Å²) in [5, 5.41) is 12.1. The molecule has 0 atom stereocenters. The zero-order valence-electron chi connectivity index (χ0n) is 11.7. The van der Waals surface area contributed by atoms with Gasteiger partial charge in [-0.3, -0.25) is 0 Å². The Morgan fingerprint density at radius 2 is 2.21 bits per heavy atom. The molecule has 0 unspecified atom stereocenters. The van der Waals surface area contributed by atoms with Crippen LogP contribution in [0.4, 0.5) is 5.69 Å². The Morgan fingerprint density at radius 1 is 1.47 bits per heavy atom. The summed E-state index contributed by atoms with van der Waals surface area (Å²) in [5.74, 6) is 0.140. The minimum atomic E-state index is -0.113. The summed E-state index contributed by atoms with van der Waals surface area (Å²) in [6.07, 6.45) is 0. The zero-order valence-corrected chi connectivity index (χ0v) is 11.7. The highest BCUT2D eigenvalue weighted by atomic mass is 16.5. The van der Waals surface area contributed by atoms with Gasteiger partial charge in [-0.25, -0.2) is 0 Å². The van der Waals surface area contributed by atoms with Crippen molar-refractivity contribution in [2.45, 2.75) is 26.3 Å². The number of nitrogens with zero attached hydrogens (tertiary/aromatic N) is 2. The zero-order chi connectivity index (χ0) is 14.0. The van der Waals surface area contributed by atoms with E-state index in [0.29, 0.717) is 13.2 Å². The average Bonchev–Trinajstić information content (AvgIpc) is 2.38. The van der Waals surface area contributed by atoms with Crippen LogP contribution in [0.3, 0.4) is 0 Å². The number of ether oxygens (including phenoxy) is 1. The molecule has 1 saturated heterocycles. The van der Waals surface area contributed by atoms with Crippen LogP contribution in [0.2, 0.25) is 0 Å². The average molecular weight is 263 g/mol. The molecule has 0 bridgehead atoms. The van der Waals surface area contributed by atoms with Crippen LogP contribution in [0.25, 0.3) is 0 Å². The van der Waals surface area contributed by atoms with Crippen molar-refractivity contribution in [3.63, 3.8) is 0 Å². The van der Waals surface area contributed by atoms with Gasteiger partial charge in [-0.2, -0.15) is 0 Å². The summed E-state index contributed by atoms with van der Waals surface area (Å²) in [7, 11) is 0. The number of aryl methyl sites for hydroxylation is 1. The fraction of sp³-hybridized carbons (Fsp3) is 0.500. The third-order valence-electron chi connectivity index (χ3n) is 3.47. The maximum absolute atomic E-state index is 8.95. The van der Waals surface area contributed by atoms with Gasteiger partial charge >= 0.3 is 0 Å². The van der Waals surface area contributed by atoms with E-state index in [9.17, 15) is 0 Å². The Bertz CT molecular complexity index is 497. The molecule has 1 aromatic carbocycles. The molecular weight excluding hydrogens is 242 g/mol. The minimum absolute atomic E-state index is 0.113. The maximum atomic E-state index is 8.95. The molecule has 104 valence electrons. The normalized spacial score (nSPS) is 19.5. The van der Waals surface area contributed by atoms with Gasteiger partial charge in [0.25, 0.3) is 0 Å². The molecule has 0 radical (unpaired) electrons. The Labute approximate surface area is 113 Å². The molecule has 5 heteroatoms. The van der Waals surface area contributed by atoms with E-state index in [0.717, 1.165) is 23.4 Å². The van der Waals surface area contributed by atoms with E-state index in [1.54, 1.807) is 0 Å². The monoisotopic (exact) mass is 263 g/mol. The van der Waals surface area contributed by atoms with Gasteiger partial charge in [-0.1, -0.05) is 16.8 Å². The van der Waals surface area contributed by atoms with E-state index in [2.05, 4.69) is 23.9 Å². The molecule has 0 saturated carbocycles. The van der Waals surface area contributed by atoms with Crippen molar-refractivity contribution in [1.29, 1.82) is 0 Å². The number of oxime groups is 1. The topological polar surface area (TPSA) is 71.1 Å². The summed E-state index contributed by atoms with van der Waals surface area (Å²) < 4.78 is 5.53. The van der Waals surface area contributed by atoms with Crippen LogP contribution in [0.1, 0.15) is 25.0 Å². The highest BCUT2D eigenvalue weighted by Gasteiger charge is 2.32. The van der Waals surface area contributed by atoms with Crippen molar-refractivity contribution in [2.24, 2.45) is 10.9 Å². The molecule has 1 aliphatic heterocycles. The molecule has 19 heavy (non-hydrogen) atoms. The SMILES string of the molecule is Cc1ccc(N2CCOCC2(C)C)c(/C(N)=N/O)c1. The van der Waals surface area contributed by atoms with Gasteiger partial charge < -0.3 is 20.6 Å². The molecule has 0 spiro atoms. The molecular formula is C14H21N3O2. The summed E-state index contributed by atoms with van der Waals surface area (Å²) >= 11 is 0. The van der Waals surface area contributed by atoms with E-state index < -0.39 is 0 Å². The van der Waals surface area contributed by atoms with Crippen LogP contribution >= 0.6 is 0 Å². The van der Waals surface area contributed by atoms with E-state index in [-0.39, 0.29) is 11.4 Å². The smallest absolute Gasteiger partial charge is 0.172 e. The van der Waals surface area contributed by atoms with Crippen molar-refractivity contribution in [3.05, 3.63) is 29.3 Å². The number of amidine groups is 1. The van der Waals surface area contributed by atoms with Gasteiger partial charge in [0.1, 0.15) is 0 Å². The Morgan fingerprint density at radius 3 is 2.84 bits per heavy atom. The first-order valence-electron chi connectivity index (χ1n) is 6.39. The van der Waals surface area contributed by atoms with E-state index >= 15 is 0 Å². The van der Waals surface area contributed by atoms with Crippen LogP contribution in [0.15, 0.2) is 23.4 Å². The molecule has 2 rings (SSSR count). The fourth-order valence-corrected chi connectivity index (χ4v) is 2.45. The predicted molar refractivity (Wildman–Crippen MR) is 75.9 cm³/mol. The Kier molecular flexibility index (Phi) is 3.66. The molecule has 1 aromatic rings. The highest BCUT2D eigenvalue weighted by molar-refractivity contribution is 6.02. The lowest BCUT2D eigenvalue weighted by Crippen LogP contribution is -2.53. The first-order valence-corrected chi connectivity index (χ1v) is 6.39. The molecule has 0 aromatic heterocycles. The largest absolute Gasteiger partial charge is 0.409 e. The molecule has 0 amide bonds. The lowest BCUT2D eigenvalue weighted by Gasteiger charge is -2.44. The molecule has 3 N–H and O–H groups in total. The Hall–Kier alpha value is -1.75. The number of rotatable bonds is 2. The molecule has 1 heterocycles. The van der Waals surface area contributed by atoms with Gasteiger partial charge in [0.05, 0.1) is 18.8 Å². The second-order valence-corrected chi connectivity index (χ2v) is 5.52. The van der Waals surface area contributed by atoms with Crippen LogP contribution in [-0.2, 0) is 4.74 Å². The van der Waals surface area contributed by atoms with Crippen molar-refractivity contribution >= 4 is 11.5 Å². The van der Waals surface area contributed by atoms with E-state index in [1.807, 2.05) is 25.1 Å². The van der Waals surface area contributed by atoms with Crippen molar-refractivity contribution in [2.75, 3.05) is 24.7 Å². The van der Waals surface area contributed by atoms with Gasteiger partial charge in [-0.15, -0.1) is 0 Å². The summed E-state index contributed by atoms with van der Waals surface area (Å²) in [6, 6.07) is 6.00. The maximum Gasteiger partial charge on any atom is 0.172 e. The van der Waals surface area contributed by atoms with Crippen LogP contribution < -0.4 is 10.6 Å².